The average molecular weight is 888 g/mol. The number of allylic oxidation sites excluding steroid dienone is 3. The van der Waals surface area contributed by atoms with Crippen molar-refractivity contribution in [2.75, 3.05) is 18.0 Å². The van der Waals surface area contributed by atoms with E-state index in [1.165, 1.54) is 9.75 Å². The van der Waals surface area contributed by atoms with Crippen molar-refractivity contribution in [1.29, 1.82) is 0 Å². The first-order valence-electron chi connectivity index (χ1n) is 21.9. The predicted molar refractivity (Wildman–Crippen MR) is 256 cm³/mol. The molecule has 326 valence electrons. The molecule has 0 aromatic carbocycles. The van der Waals surface area contributed by atoms with Gasteiger partial charge in [0.2, 0.25) is 5.91 Å². The Balaban J connectivity index is 0.953. The van der Waals surface area contributed by atoms with Crippen LogP contribution in [0.15, 0.2) is 185 Å². The van der Waals surface area contributed by atoms with Crippen LogP contribution in [0.4, 0.5) is 5.82 Å². The summed E-state index contributed by atoms with van der Waals surface area (Å²) in [7, 11) is 0. The van der Waals surface area contributed by atoms with Crippen LogP contribution in [0.1, 0.15) is 64.6 Å². The number of aliphatic hydroxyl groups excluding tert-OH is 1. The number of nitrogens with one attached hydrogen (secondary N) is 4. The largest absolute Gasteiger partial charge is 0.387 e. The van der Waals surface area contributed by atoms with E-state index in [2.05, 4.69) is 100 Å². The van der Waals surface area contributed by atoms with Gasteiger partial charge in [0.25, 0.3) is 0 Å². The van der Waals surface area contributed by atoms with Crippen molar-refractivity contribution in [2.24, 2.45) is 0 Å². The summed E-state index contributed by atoms with van der Waals surface area (Å²) in [6.45, 7) is 2.45. The van der Waals surface area contributed by atoms with E-state index in [9.17, 15) is 9.90 Å². The summed E-state index contributed by atoms with van der Waals surface area (Å²) in [4.78, 5) is 38.1. The molecule has 1 amide bonds. The van der Waals surface area contributed by atoms with Crippen LogP contribution in [0.2, 0.25) is 0 Å². The lowest BCUT2D eigenvalue weighted by molar-refractivity contribution is -0.116. The van der Waals surface area contributed by atoms with E-state index in [1.807, 2.05) is 72.9 Å². The lowest BCUT2D eigenvalue weighted by Gasteiger charge is -2.38. The minimum atomic E-state index is -0.831. The number of anilines is 1. The number of hydrogen-bond acceptors (Lipinski definition) is 11. The summed E-state index contributed by atoms with van der Waals surface area (Å²) in [5.74, 6) is 0.635. The number of amides is 1. The monoisotopic (exact) mass is 887 g/mol. The lowest BCUT2D eigenvalue weighted by Crippen LogP contribution is -2.46. The first-order chi connectivity index (χ1) is 31.5. The number of aromatic nitrogens is 4. The molecule has 0 radical (unpaired) electrons. The van der Waals surface area contributed by atoms with E-state index in [0.717, 1.165) is 70.3 Å². The Labute approximate surface area is 382 Å². The van der Waals surface area contributed by atoms with E-state index in [1.54, 1.807) is 47.3 Å². The Morgan fingerprint density at radius 3 is 2.23 bits per heavy atom. The third kappa shape index (κ3) is 10.9. The molecule has 5 N–H and O–H groups in total. The fourth-order valence-electron chi connectivity index (χ4n) is 8.68. The summed E-state index contributed by atoms with van der Waals surface area (Å²) in [5.41, 5.74) is 7.97. The van der Waals surface area contributed by atoms with Gasteiger partial charge >= 0.3 is 0 Å². The molecule has 64 heavy (non-hydrogen) atoms. The summed E-state index contributed by atoms with van der Waals surface area (Å²) >= 11 is 3.54. The molecule has 8 heterocycles. The normalized spacial score (nSPS) is 20.4. The zero-order chi connectivity index (χ0) is 43.5. The zero-order valence-electron chi connectivity index (χ0n) is 35.6. The molecule has 1 fully saturated rings. The predicted octanol–water partition coefficient (Wildman–Crippen LogP) is 8.69. The Morgan fingerprint density at radius 2 is 1.55 bits per heavy atom. The number of aliphatic hydroxyl groups is 1. The molecule has 2 aliphatic heterocycles. The highest BCUT2D eigenvalue weighted by molar-refractivity contribution is 7.10. The Kier molecular flexibility index (Phi) is 14.0. The maximum atomic E-state index is 13.7. The average Bonchev–Trinajstić information content (AvgIpc) is 4.19. The molecule has 9 rings (SSSR count). The van der Waals surface area contributed by atoms with Crippen LogP contribution in [-0.4, -0.2) is 61.1 Å². The maximum Gasteiger partial charge on any atom is 0.244 e. The van der Waals surface area contributed by atoms with Crippen LogP contribution in [0.3, 0.4) is 0 Å². The number of nitrogens with zero attached hydrogens (tertiary/aromatic N) is 5. The van der Waals surface area contributed by atoms with Gasteiger partial charge < -0.3 is 30.9 Å². The van der Waals surface area contributed by atoms with E-state index in [0.29, 0.717) is 39.1 Å². The molecule has 6 aromatic rings. The van der Waals surface area contributed by atoms with Gasteiger partial charge in [0.15, 0.2) is 0 Å². The van der Waals surface area contributed by atoms with Crippen LogP contribution < -0.4 is 20.9 Å². The second-order valence-corrected chi connectivity index (χ2v) is 18.2. The van der Waals surface area contributed by atoms with Crippen molar-refractivity contribution in [1.82, 2.24) is 40.8 Å². The van der Waals surface area contributed by atoms with Gasteiger partial charge in [-0.05, 0) is 114 Å². The summed E-state index contributed by atoms with van der Waals surface area (Å²) in [6.07, 6.45) is 20.0. The van der Waals surface area contributed by atoms with Gasteiger partial charge in [0.1, 0.15) is 5.82 Å². The summed E-state index contributed by atoms with van der Waals surface area (Å²) in [6, 6.07) is 30.4. The van der Waals surface area contributed by atoms with Crippen molar-refractivity contribution >= 4 is 34.4 Å². The Hall–Kier alpha value is -6.38. The van der Waals surface area contributed by atoms with Gasteiger partial charge in [-0.2, -0.15) is 0 Å². The third-order valence-electron chi connectivity index (χ3n) is 11.9. The number of hydrogen-bond donors (Lipinski definition) is 5. The van der Waals surface area contributed by atoms with Crippen LogP contribution in [0.25, 0.3) is 0 Å². The molecule has 3 aliphatic rings. The number of carbonyl (C=O) groups is 1. The smallest absolute Gasteiger partial charge is 0.244 e. The third-order valence-corrected chi connectivity index (χ3v) is 13.8. The van der Waals surface area contributed by atoms with E-state index in [4.69, 9.17) is 4.98 Å². The topological polar surface area (TPSA) is 134 Å². The molecular formula is C51H53N9O2S2. The minimum Gasteiger partial charge on any atom is -0.387 e. The van der Waals surface area contributed by atoms with E-state index >= 15 is 0 Å². The molecule has 1 aliphatic carbocycles. The number of pyridine rings is 3. The second kappa shape index (κ2) is 20.9. The van der Waals surface area contributed by atoms with Crippen LogP contribution in [-0.2, 0) is 24.4 Å². The van der Waals surface area contributed by atoms with Gasteiger partial charge in [0, 0.05) is 89.5 Å². The summed E-state index contributed by atoms with van der Waals surface area (Å²) in [5, 5.41) is 27.4. The zero-order valence-corrected chi connectivity index (χ0v) is 37.2. The molecule has 4 atom stereocenters. The maximum absolute atomic E-state index is 13.7. The molecule has 0 spiro atoms. The highest BCUT2D eigenvalue weighted by atomic mass is 32.1. The molecule has 0 bridgehead atoms. The number of carbonyl (C=O) groups excluding carboxylic acids is 1. The molecule has 11 nitrogen and oxygen atoms in total. The SMILES string of the molecule is O=C(/C=C/C(C1=CCC(c2cccs2)N1)=C1\CCC(c2cccs2)N1)NCCC1=CC(N(Cc2ccccn2)Cc2ccc[nH]2)C(O)C(CN(Cc2ccccn2)c2ccccn2)=C1. The Bertz CT molecular complexity index is 2570. The van der Waals surface area contributed by atoms with Gasteiger partial charge in [0.05, 0.1) is 42.2 Å². The Morgan fingerprint density at radius 1 is 0.797 bits per heavy atom. The fourth-order valence-corrected chi connectivity index (χ4v) is 10.3. The second-order valence-electron chi connectivity index (χ2n) is 16.3. The molecule has 13 heteroatoms. The lowest BCUT2D eigenvalue weighted by atomic mass is 9.89. The highest BCUT2D eigenvalue weighted by Crippen LogP contribution is 2.37. The number of thiophene rings is 2. The van der Waals surface area contributed by atoms with Crippen molar-refractivity contribution in [3.63, 3.8) is 0 Å². The summed E-state index contributed by atoms with van der Waals surface area (Å²) < 4.78 is 0. The van der Waals surface area contributed by atoms with Gasteiger partial charge in [-0.25, -0.2) is 4.98 Å². The van der Waals surface area contributed by atoms with Gasteiger partial charge in [-0.15, -0.1) is 22.7 Å². The van der Waals surface area contributed by atoms with Gasteiger partial charge in [-0.3, -0.25) is 19.7 Å². The molecule has 1 saturated heterocycles. The van der Waals surface area contributed by atoms with Crippen molar-refractivity contribution < 1.29 is 9.90 Å². The molecule has 6 aromatic heterocycles. The first-order valence-corrected chi connectivity index (χ1v) is 23.7. The van der Waals surface area contributed by atoms with Crippen LogP contribution >= 0.6 is 22.7 Å². The van der Waals surface area contributed by atoms with E-state index in [-0.39, 0.29) is 24.0 Å². The highest BCUT2D eigenvalue weighted by Gasteiger charge is 2.33. The molecule has 4 unspecified atom stereocenters. The van der Waals surface area contributed by atoms with E-state index < -0.39 is 6.10 Å². The number of H-pyrrole nitrogens is 1. The standard InChI is InChI=1S/C51H53N9O2S2/c61-50(21-16-41(42-17-19-44(57-42)47-13-8-28-63-47)43-18-20-45(58-43)48-14-9-29-64-48)56-27-22-36-30-37(32-60(49-15-3-6-25-55-49)35-39-11-2-5-24-53-39)51(62)46(31-36)59(34-40-12-7-26-54-40)33-38-10-1-4-23-52-38/h1-17,21,23-26,28-31,44-46,51,54,57-58,62H,18-20,22,27,32-35H2,(H,56,61)/b21-16+,43-41-. The quantitative estimate of drug-likeness (QED) is 0.0538. The number of rotatable bonds is 18. The number of aromatic amines is 1. The van der Waals surface area contributed by atoms with Crippen LogP contribution in [0, 0.1) is 0 Å². The van der Waals surface area contributed by atoms with Gasteiger partial charge in [-0.1, -0.05) is 48.6 Å². The molecular weight excluding hydrogens is 835 g/mol. The van der Waals surface area contributed by atoms with Crippen molar-refractivity contribution in [3.05, 3.63) is 212 Å². The van der Waals surface area contributed by atoms with Crippen molar-refractivity contribution in [2.45, 2.75) is 69.5 Å². The minimum absolute atomic E-state index is 0.156. The fraction of sp³-hybridized carbons (Fsp3) is 0.255. The van der Waals surface area contributed by atoms with Crippen molar-refractivity contribution in [3.8, 4) is 0 Å². The first kappa shape index (κ1) is 42.9. The molecule has 0 saturated carbocycles. The van der Waals surface area contributed by atoms with Crippen LogP contribution in [0.5, 0.6) is 0 Å².